The lowest BCUT2D eigenvalue weighted by Gasteiger charge is -2.12. The summed E-state index contributed by atoms with van der Waals surface area (Å²) >= 11 is 0. The highest BCUT2D eigenvalue weighted by atomic mass is 19.1. The molecule has 1 N–H and O–H groups in total. The van der Waals surface area contributed by atoms with E-state index in [9.17, 15) is 14.0 Å². The van der Waals surface area contributed by atoms with Crippen molar-refractivity contribution >= 4 is 23.6 Å². The van der Waals surface area contributed by atoms with E-state index in [4.69, 9.17) is 9.47 Å². The molecule has 0 aliphatic rings. The fourth-order valence-corrected chi connectivity index (χ4v) is 1.95. The summed E-state index contributed by atoms with van der Waals surface area (Å²) in [6.45, 7) is 1.47. The van der Waals surface area contributed by atoms with E-state index >= 15 is 0 Å². The lowest BCUT2D eigenvalue weighted by molar-refractivity contribution is -0.148. The lowest BCUT2D eigenvalue weighted by atomic mass is 10.2. The van der Waals surface area contributed by atoms with Crippen LogP contribution in [0.25, 0.3) is 6.08 Å². The molecule has 0 aliphatic heterocycles. The quantitative estimate of drug-likeness (QED) is 0.645. The Balaban J connectivity index is 1.89. The highest BCUT2D eigenvalue weighted by Gasteiger charge is 2.16. The van der Waals surface area contributed by atoms with Crippen LogP contribution in [0.1, 0.15) is 12.5 Å². The van der Waals surface area contributed by atoms with E-state index in [0.29, 0.717) is 17.0 Å². The summed E-state index contributed by atoms with van der Waals surface area (Å²) in [6, 6.07) is 12.5. The van der Waals surface area contributed by atoms with Gasteiger partial charge in [-0.25, -0.2) is 9.18 Å². The number of hydrogen-bond acceptors (Lipinski definition) is 4. The van der Waals surface area contributed by atoms with E-state index in [0.717, 1.165) is 0 Å². The van der Waals surface area contributed by atoms with Gasteiger partial charge < -0.3 is 14.8 Å². The van der Waals surface area contributed by atoms with Crippen molar-refractivity contribution in [3.8, 4) is 5.75 Å². The predicted molar refractivity (Wildman–Crippen MR) is 92.6 cm³/mol. The number of hydrogen-bond donors (Lipinski definition) is 1. The van der Waals surface area contributed by atoms with Crippen LogP contribution in [0.3, 0.4) is 0 Å². The first kappa shape index (κ1) is 18.2. The van der Waals surface area contributed by atoms with Gasteiger partial charge in [0.25, 0.3) is 5.91 Å². The number of carbonyl (C=O) groups excluding carboxylic acids is 2. The summed E-state index contributed by atoms with van der Waals surface area (Å²) in [5.74, 6) is -0.887. The van der Waals surface area contributed by atoms with Gasteiger partial charge in [-0.15, -0.1) is 0 Å². The van der Waals surface area contributed by atoms with E-state index < -0.39 is 18.0 Å². The molecule has 0 unspecified atom stereocenters. The summed E-state index contributed by atoms with van der Waals surface area (Å²) in [6.07, 6.45) is 1.69. The smallest absolute Gasteiger partial charge is 0.331 e. The maximum Gasteiger partial charge on any atom is 0.331 e. The number of carbonyl (C=O) groups is 2. The highest BCUT2D eigenvalue weighted by Crippen LogP contribution is 2.17. The first-order valence-corrected chi connectivity index (χ1v) is 7.57. The molecule has 130 valence electrons. The normalized spacial score (nSPS) is 11.8. The maximum atomic E-state index is 12.8. The van der Waals surface area contributed by atoms with Crippen molar-refractivity contribution in [1.82, 2.24) is 0 Å². The Labute approximate surface area is 145 Å². The number of rotatable bonds is 6. The number of esters is 1. The molecule has 0 saturated carbocycles. The molecule has 0 fully saturated rings. The SMILES string of the molecule is COc1cccc(NC(=O)[C@@H](C)OC(=O)/C=C/c2ccc(F)cc2)c1. The van der Waals surface area contributed by atoms with Crippen LogP contribution in [-0.4, -0.2) is 25.1 Å². The van der Waals surface area contributed by atoms with Gasteiger partial charge in [0.15, 0.2) is 6.10 Å². The van der Waals surface area contributed by atoms with Gasteiger partial charge in [-0.05, 0) is 42.8 Å². The third-order valence-corrected chi connectivity index (χ3v) is 3.28. The second-order valence-corrected chi connectivity index (χ2v) is 5.19. The second-order valence-electron chi connectivity index (χ2n) is 5.19. The summed E-state index contributed by atoms with van der Waals surface area (Å²) in [4.78, 5) is 23.8. The van der Waals surface area contributed by atoms with Crippen LogP contribution in [0, 0.1) is 5.82 Å². The zero-order valence-electron chi connectivity index (χ0n) is 13.9. The average Bonchev–Trinajstić information content (AvgIpc) is 2.61. The zero-order chi connectivity index (χ0) is 18.2. The first-order valence-electron chi connectivity index (χ1n) is 7.57. The van der Waals surface area contributed by atoms with Gasteiger partial charge in [0.2, 0.25) is 0 Å². The van der Waals surface area contributed by atoms with E-state index in [-0.39, 0.29) is 5.82 Å². The summed E-state index contributed by atoms with van der Waals surface area (Å²) in [5.41, 5.74) is 1.18. The monoisotopic (exact) mass is 343 g/mol. The second kappa shape index (κ2) is 8.63. The molecule has 5 nitrogen and oxygen atoms in total. The molecular formula is C19H18FNO4. The van der Waals surface area contributed by atoms with Gasteiger partial charge in [-0.1, -0.05) is 18.2 Å². The van der Waals surface area contributed by atoms with E-state index in [1.54, 1.807) is 24.3 Å². The number of halogens is 1. The Kier molecular flexibility index (Phi) is 6.28. The van der Waals surface area contributed by atoms with Crippen LogP contribution in [0.5, 0.6) is 5.75 Å². The van der Waals surface area contributed by atoms with Gasteiger partial charge >= 0.3 is 5.97 Å². The Bertz CT molecular complexity index is 771. The van der Waals surface area contributed by atoms with E-state index in [2.05, 4.69) is 5.32 Å². The van der Waals surface area contributed by atoms with Crippen molar-refractivity contribution in [1.29, 1.82) is 0 Å². The average molecular weight is 343 g/mol. The Hall–Kier alpha value is -3.15. The Morgan fingerprint density at radius 1 is 1.16 bits per heavy atom. The minimum absolute atomic E-state index is 0.359. The number of anilines is 1. The van der Waals surface area contributed by atoms with Gasteiger partial charge in [0, 0.05) is 17.8 Å². The van der Waals surface area contributed by atoms with Crippen LogP contribution in [0.2, 0.25) is 0 Å². The van der Waals surface area contributed by atoms with Crippen LogP contribution in [0.4, 0.5) is 10.1 Å². The lowest BCUT2D eigenvalue weighted by Crippen LogP contribution is -2.29. The van der Waals surface area contributed by atoms with Crippen molar-refractivity contribution in [3.63, 3.8) is 0 Å². The fourth-order valence-electron chi connectivity index (χ4n) is 1.95. The van der Waals surface area contributed by atoms with E-state index in [1.807, 2.05) is 0 Å². The molecule has 0 radical (unpaired) electrons. The zero-order valence-corrected chi connectivity index (χ0v) is 13.9. The van der Waals surface area contributed by atoms with Crippen LogP contribution in [0.15, 0.2) is 54.6 Å². The molecule has 2 rings (SSSR count). The van der Waals surface area contributed by atoms with Crippen LogP contribution < -0.4 is 10.1 Å². The standard InChI is InChI=1S/C19H18FNO4/c1-13(19(23)21-16-4-3-5-17(12-16)24-2)25-18(22)11-8-14-6-9-15(20)10-7-14/h3-13H,1-2H3,(H,21,23)/b11-8+/t13-/m1/s1. The molecule has 0 aromatic heterocycles. The fraction of sp³-hybridized carbons (Fsp3) is 0.158. The largest absolute Gasteiger partial charge is 0.497 e. The van der Waals surface area contributed by atoms with Gasteiger partial charge in [0.1, 0.15) is 11.6 Å². The molecule has 0 spiro atoms. The van der Waals surface area contributed by atoms with Gasteiger partial charge in [-0.2, -0.15) is 0 Å². The highest BCUT2D eigenvalue weighted by molar-refractivity contribution is 5.96. The molecule has 1 amide bonds. The van der Waals surface area contributed by atoms with Crippen molar-refractivity contribution in [2.45, 2.75) is 13.0 Å². The molecule has 2 aromatic carbocycles. The van der Waals surface area contributed by atoms with E-state index in [1.165, 1.54) is 50.5 Å². The van der Waals surface area contributed by atoms with Crippen molar-refractivity contribution in [3.05, 3.63) is 66.0 Å². The number of amides is 1. The molecule has 25 heavy (non-hydrogen) atoms. The van der Waals surface area contributed by atoms with Gasteiger partial charge in [-0.3, -0.25) is 4.79 Å². The first-order chi connectivity index (χ1) is 12.0. The van der Waals surface area contributed by atoms with Crippen molar-refractivity contribution in [2.75, 3.05) is 12.4 Å². The molecule has 0 saturated heterocycles. The van der Waals surface area contributed by atoms with Gasteiger partial charge in [0.05, 0.1) is 7.11 Å². The molecule has 0 heterocycles. The molecule has 6 heteroatoms. The molecule has 0 bridgehead atoms. The van der Waals surface area contributed by atoms with Crippen molar-refractivity contribution < 1.29 is 23.5 Å². The molecule has 0 aliphatic carbocycles. The minimum atomic E-state index is -0.975. The molecular weight excluding hydrogens is 325 g/mol. The number of methoxy groups -OCH3 is 1. The Morgan fingerprint density at radius 2 is 1.88 bits per heavy atom. The van der Waals surface area contributed by atoms with Crippen molar-refractivity contribution in [2.24, 2.45) is 0 Å². The third-order valence-electron chi connectivity index (χ3n) is 3.28. The summed E-state index contributed by atoms with van der Waals surface area (Å²) in [7, 11) is 1.53. The Morgan fingerprint density at radius 3 is 2.56 bits per heavy atom. The topological polar surface area (TPSA) is 64.6 Å². The summed E-state index contributed by atoms with van der Waals surface area (Å²) in [5, 5.41) is 2.64. The molecule has 1 atom stereocenters. The third kappa shape index (κ3) is 5.76. The minimum Gasteiger partial charge on any atom is -0.497 e. The van der Waals surface area contributed by atoms with Crippen LogP contribution >= 0.6 is 0 Å². The predicted octanol–water partition coefficient (Wildman–Crippen LogP) is 3.42. The summed E-state index contributed by atoms with van der Waals surface area (Å²) < 4.78 is 22.9. The number of ether oxygens (including phenoxy) is 2. The number of benzene rings is 2. The van der Waals surface area contributed by atoms with Crippen LogP contribution in [-0.2, 0) is 14.3 Å². The molecule has 2 aromatic rings. The maximum absolute atomic E-state index is 12.8. The number of nitrogens with one attached hydrogen (secondary N) is 1.